The molecule has 0 radical (unpaired) electrons. The average molecular weight is 317 g/mol. The lowest BCUT2D eigenvalue weighted by atomic mass is 9.95. The molecule has 0 N–H and O–H groups in total. The minimum Gasteiger partial charge on any atom is -0.302 e. The highest BCUT2D eigenvalue weighted by Crippen LogP contribution is 2.26. The fourth-order valence-electron chi connectivity index (χ4n) is 3.51. The molecular weight excluding hydrogens is 290 g/mol. The Hall–Kier alpha value is -2.12. The van der Waals surface area contributed by atoms with Gasteiger partial charge in [-0.25, -0.2) is 0 Å². The van der Waals surface area contributed by atoms with Crippen molar-refractivity contribution in [1.29, 1.82) is 0 Å². The van der Waals surface area contributed by atoms with Crippen molar-refractivity contribution in [1.82, 2.24) is 4.90 Å². The summed E-state index contributed by atoms with van der Waals surface area (Å²) >= 11 is 0. The maximum absolute atomic E-state index is 2.42. The van der Waals surface area contributed by atoms with Gasteiger partial charge in [-0.2, -0.15) is 0 Å². The van der Waals surface area contributed by atoms with Crippen LogP contribution in [0.25, 0.3) is 10.8 Å². The fourth-order valence-corrected chi connectivity index (χ4v) is 3.51. The van der Waals surface area contributed by atoms with Crippen molar-refractivity contribution in [2.75, 3.05) is 13.6 Å². The van der Waals surface area contributed by atoms with E-state index in [0.717, 1.165) is 19.5 Å². The SMILES string of the molecule is CC(C)CN(C)Cc1ccc(Cc2ccccc2)c2ccccc12. The van der Waals surface area contributed by atoms with Crippen LogP contribution in [0.5, 0.6) is 0 Å². The highest BCUT2D eigenvalue weighted by atomic mass is 15.1. The van der Waals surface area contributed by atoms with Gasteiger partial charge >= 0.3 is 0 Å². The quantitative estimate of drug-likeness (QED) is 0.579. The Labute approximate surface area is 145 Å². The molecule has 3 aromatic rings. The van der Waals surface area contributed by atoms with Crippen molar-refractivity contribution in [3.8, 4) is 0 Å². The molecule has 3 aromatic carbocycles. The van der Waals surface area contributed by atoms with Gasteiger partial charge in [-0.3, -0.25) is 0 Å². The number of nitrogens with zero attached hydrogens (tertiary/aromatic N) is 1. The van der Waals surface area contributed by atoms with E-state index < -0.39 is 0 Å². The molecule has 0 unspecified atom stereocenters. The van der Waals surface area contributed by atoms with Crippen molar-refractivity contribution < 1.29 is 0 Å². The molecule has 0 spiro atoms. The lowest BCUT2D eigenvalue weighted by Gasteiger charge is -2.20. The molecule has 0 heterocycles. The van der Waals surface area contributed by atoms with Crippen molar-refractivity contribution in [3.63, 3.8) is 0 Å². The molecular formula is C23H27N. The lowest BCUT2D eigenvalue weighted by molar-refractivity contribution is 0.289. The Morgan fingerprint density at radius 1 is 0.750 bits per heavy atom. The summed E-state index contributed by atoms with van der Waals surface area (Å²) in [6.45, 7) is 6.68. The van der Waals surface area contributed by atoms with Crippen LogP contribution in [0.3, 0.4) is 0 Å². The lowest BCUT2D eigenvalue weighted by Crippen LogP contribution is -2.22. The Bertz CT molecular complexity index is 789. The molecule has 0 aliphatic heterocycles. The van der Waals surface area contributed by atoms with E-state index in [1.807, 2.05) is 0 Å². The summed E-state index contributed by atoms with van der Waals surface area (Å²) in [5.74, 6) is 0.693. The first kappa shape index (κ1) is 16.7. The molecule has 0 fully saturated rings. The Morgan fingerprint density at radius 3 is 2.00 bits per heavy atom. The molecule has 0 saturated carbocycles. The summed E-state index contributed by atoms with van der Waals surface area (Å²) in [5, 5.41) is 2.78. The summed E-state index contributed by atoms with van der Waals surface area (Å²) < 4.78 is 0. The zero-order chi connectivity index (χ0) is 16.9. The maximum atomic E-state index is 2.42. The van der Waals surface area contributed by atoms with Gasteiger partial charge in [-0.15, -0.1) is 0 Å². The number of hydrogen-bond donors (Lipinski definition) is 0. The summed E-state index contributed by atoms with van der Waals surface area (Å²) in [7, 11) is 2.21. The number of hydrogen-bond acceptors (Lipinski definition) is 1. The second-order valence-corrected chi connectivity index (χ2v) is 7.18. The van der Waals surface area contributed by atoms with E-state index >= 15 is 0 Å². The van der Waals surface area contributed by atoms with Gasteiger partial charge < -0.3 is 4.90 Å². The van der Waals surface area contributed by atoms with Gasteiger partial charge in [0.25, 0.3) is 0 Å². The van der Waals surface area contributed by atoms with Crippen molar-refractivity contribution in [2.45, 2.75) is 26.8 Å². The van der Waals surface area contributed by atoms with Gasteiger partial charge in [-0.1, -0.05) is 80.6 Å². The van der Waals surface area contributed by atoms with Gasteiger partial charge in [-0.05, 0) is 46.8 Å². The molecule has 0 saturated heterocycles. The minimum atomic E-state index is 0.693. The van der Waals surface area contributed by atoms with E-state index in [4.69, 9.17) is 0 Å². The van der Waals surface area contributed by atoms with Crippen LogP contribution in [0, 0.1) is 5.92 Å². The standard InChI is InChI=1S/C23H27N/c1-18(2)16-24(3)17-21-14-13-20(15-19-9-5-4-6-10-19)22-11-7-8-12-23(21)22/h4-14,18H,15-17H2,1-3H3. The smallest absolute Gasteiger partial charge is 0.0236 e. The predicted octanol–water partition coefficient (Wildman–Crippen LogP) is 5.52. The predicted molar refractivity (Wildman–Crippen MR) is 104 cm³/mol. The monoisotopic (exact) mass is 317 g/mol. The zero-order valence-electron chi connectivity index (χ0n) is 15.0. The summed E-state index contributed by atoms with van der Waals surface area (Å²) in [5.41, 5.74) is 4.20. The first-order valence-electron chi connectivity index (χ1n) is 8.85. The van der Waals surface area contributed by atoms with Gasteiger partial charge in [0.05, 0.1) is 0 Å². The molecule has 0 aromatic heterocycles. The van der Waals surface area contributed by atoms with Crippen molar-refractivity contribution in [3.05, 3.63) is 83.4 Å². The van der Waals surface area contributed by atoms with Crippen molar-refractivity contribution >= 4 is 10.8 Å². The third-order valence-corrected chi connectivity index (χ3v) is 4.46. The molecule has 0 bridgehead atoms. The maximum Gasteiger partial charge on any atom is 0.0236 e. The normalized spacial score (nSPS) is 11.5. The highest BCUT2D eigenvalue weighted by Gasteiger charge is 2.09. The van der Waals surface area contributed by atoms with Crippen LogP contribution in [0.1, 0.15) is 30.5 Å². The molecule has 24 heavy (non-hydrogen) atoms. The topological polar surface area (TPSA) is 3.24 Å². The number of benzene rings is 3. The van der Waals surface area contributed by atoms with Crippen LogP contribution in [-0.2, 0) is 13.0 Å². The van der Waals surface area contributed by atoms with Gasteiger partial charge in [0, 0.05) is 13.1 Å². The van der Waals surface area contributed by atoms with Crippen LogP contribution in [0.2, 0.25) is 0 Å². The van der Waals surface area contributed by atoms with Crippen LogP contribution < -0.4 is 0 Å². The summed E-state index contributed by atoms with van der Waals surface area (Å²) in [6, 6.07) is 24.2. The molecule has 1 heteroatoms. The van der Waals surface area contributed by atoms with E-state index in [9.17, 15) is 0 Å². The van der Waals surface area contributed by atoms with Gasteiger partial charge in [0.15, 0.2) is 0 Å². The van der Waals surface area contributed by atoms with E-state index in [1.54, 1.807) is 0 Å². The van der Waals surface area contributed by atoms with Crippen LogP contribution in [0.4, 0.5) is 0 Å². The Kier molecular flexibility index (Phi) is 5.32. The van der Waals surface area contributed by atoms with Gasteiger partial charge in [0.2, 0.25) is 0 Å². The third kappa shape index (κ3) is 4.04. The van der Waals surface area contributed by atoms with Crippen LogP contribution in [0.15, 0.2) is 66.7 Å². The van der Waals surface area contributed by atoms with E-state index in [0.29, 0.717) is 5.92 Å². The Balaban J connectivity index is 1.92. The second-order valence-electron chi connectivity index (χ2n) is 7.18. The van der Waals surface area contributed by atoms with E-state index in [-0.39, 0.29) is 0 Å². The largest absolute Gasteiger partial charge is 0.302 e. The van der Waals surface area contributed by atoms with E-state index in [2.05, 4.69) is 92.5 Å². The number of rotatable bonds is 6. The van der Waals surface area contributed by atoms with Crippen molar-refractivity contribution in [2.24, 2.45) is 5.92 Å². The van der Waals surface area contributed by atoms with Gasteiger partial charge in [0.1, 0.15) is 0 Å². The van der Waals surface area contributed by atoms with E-state index in [1.165, 1.54) is 27.5 Å². The first-order valence-corrected chi connectivity index (χ1v) is 8.85. The highest BCUT2D eigenvalue weighted by molar-refractivity contribution is 5.89. The molecule has 0 aliphatic rings. The molecule has 124 valence electrons. The number of fused-ring (bicyclic) bond motifs is 1. The van der Waals surface area contributed by atoms with Crippen LogP contribution in [-0.4, -0.2) is 18.5 Å². The minimum absolute atomic E-state index is 0.693. The zero-order valence-corrected chi connectivity index (χ0v) is 15.0. The molecule has 1 nitrogen and oxygen atoms in total. The molecule has 3 rings (SSSR count). The summed E-state index contributed by atoms with van der Waals surface area (Å²) in [6.07, 6.45) is 0.990. The van der Waals surface area contributed by atoms with Crippen LogP contribution >= 0.6 is 0 Å². The summed E-state index contributed by atoms with van der Waals surface area (Å²) in [4.78, 5) is 2.42. The molecule has 0 aliphatic carbocycles. The second kappa shape index (κ2) is 7.63. The first-order chi connectivity index (χ1) is 11.6. The molecule has 0 amide bonds. The fraction of sp³-hybridized carbons (Fsp3) is 0.304. The third-order valence-electron chi connectivity index (χ3n) is 4.46. The average Bonchev–Trinajstić information content (AvgIpc) is 2.57. The Morgan fingerprint density at radius 2 is 1.33 bits per heavy atom. The molecule has 0 atom stereocenters.